The first-order chi connectivity index (χ1) is 8.62. The molecule has 0 bridgehead atoms. The second-order valence-corrected chi connectivity index (χ2v) is 6.81. The molecular weight excluding hydrogens is 218 g/mol. The molecular formula is C17H35N. The van der Waals surface area contributed by atoms with Crippen LogP contribution in [0.4, 0.5) is 0 Å². The number of rotatable bonds is 7. The van der Waals surface area contributed by atoms with Crippen LogP contribution in [0.15, 0.2) is 0 Å². The molecule has 0 heterocycles. The minimum absolute atomic E-state index is 0.879. The lowest BCUT2D eigenvalue weighted by Crippen LogP contribution is -2.34. The van der Waals surface area contributed by atoms with Crippen LogP contribution in [-0.4, -0.2) is 13.6 Å². The summed E-state index contributed by atoms with van der Waals surface area (Å²) in [5.74, 6) is 4.73. The molecule has 108 valence electrons. The van der Waals surface area contributed by atoms with Crippen molar-refractivity contribution in [3.8, 4) is 0 Å². The summed E-state index contributed by atoms with van der Waals surface area (Å²) in [5.41, 5.74) is 0. The van der Waals surface area contributed by atoms with E-state index in [-0.39, 0.29) is 0 Å². The van der Waals surface area contributed by atoms with Crippen LogP contribution in [0, 0.1) is 29.6 Å². The summed E-state index contributed by atoms with van der Waals surface area (Å²) in [4.78, 5) is 0. The Labute approximate surface area is 115 Å². The van der Waals surface area contributed by atoms with Gasteiger partial charge in [0.1, 0.15) is 0 Å². The first kappa shape index (κ1) is 16.0. The molecule has 0 aromatic heterocycles. The average molecular weight is 253 g/mol. The van der Waals surface area contributed by atoms with E-state index >= 15 is 0 Å². The van der Waals surface area contributed by atoms with E-state index in [0.717, 1.165) is 29.6 Å². The maximum atomic E-state index is 3.42. The van der Waals surface area contributed by atoms with Crippen molar-refractivity contribution >= 4 is 0 Å². The van der Waals surface area contributed by atoms with E-state index in [9.17, 15) is 0 Å². The Balaban J connectivity index is 2.59. The van der Waals surface area contributed by atoms with Gasteiger partial charge in [-0.25, -0.2) is 0 Å². The van der Waals surface area contributed by atoms with Crippen molar-refractivity contribution in [1.29, 1.82) is 0 Å². The zero-order chi connectivity index (χ0) is 13.5. The van der Waals surface area contributed by atoms with Crippen LogP contribution in [-0.2, 0) is 0 Å². The van der Waals surface area contributed by atoms with Gasteiger partial charge in [-0.3, -0.25) is 0 Å². The molecule has 1 aliphatic rings. The maximum absolute atomic E-state index is 3.42. The highest BCUT2D eigenvalue weighted by molar-refractivity contribution is 4.83. The molecule has 0 aromatic rings. The molecule has 0 amide bonds. The van der Waals surface area contributed by atoms with Crippen molar-refractivity contribution in [2.75, 3.05) is 13.6 Å². The number of hydrogen-bond donors (Lipinski definition) is 1. The van der Waals surface area contributed by atoms with Crippen LogP contribution in [0.25, 0.3) is 0 Å². The van der Waals surface area contributed by atoms with Crippen molar-refractivity contribution < 1.29 is 0 Å². The van der Waals surface area contributed by atoms with Crippen LogP contribution in [0.1, 0.15) is 66.2 Å². The van der Waals surface area contributed by atoms with E-state index in [1.54, 1.807) is 0 Å². The highest BCUT2D eigenvalue weighted by atomic mass is 14.8. The van der Waals surface area contributed by atoms with Gasteiger partial charge in [-0.2, -0.15) is 0 Å². The lowest BCUT2D eigenvalue weighted by molar-refractivity contribution is 0.122. The van der Waals surface area contributed by atoms with Crippen LogP contribution in [0.3, 0.4) is 0 Å². The third-order valence-corrected chi connectivity index (χ3v) is 5.38. The fourth-order valence-electron chi connectivity index (χ4n) is 3.84. The summed E-state index contributed by atoms with van der Waals surface area (Å²) in [6, 6.07) is 0. The second kappa shape index (κ2) is 8.19. The molecule has 3 unspecified atom stereocenters. The molecule has 1 fully saturated rings. The van der Waals surface area contributed by atoms with E-state index in [2.05, 4.69) is 40.1 Å². The van der Waals surface area contributed by atoms with E-state index in [1.807, 2.05) is 0 Å². The van der Waals surface area contributed by atoms with E-state index < -0.39 is 0 Å². The van der Waals surface area contributed by atoms with Crippen LogP contribution in [0.5, 0.6) is 0 Å². The minimum atomic E-state index is 0.879. The third kappa shape index (κ3) is 4.57. The Morgan fingerprint density at radius 3 is 2.22 bits per heavy atom. The molecule has 0 aliphatic heterocycles. The predicted molar refractivity (Wildman–Crippen MR) is 81.8 cm³/mol. The molecule has 18 heavy (non-hydrogen) atoms. The number of hydrogen-bond acceptors (Lipinski definition) is 1. The Hall–Kier alpha value is -0.0400. The average Bonchev–Trinajstić information content (AvgIpc) is 2.37. The fourth-order valence-corrected chi connectivity index (χ4v) is 3.84. The van der Waals surface area contributed by atoms with Crippen LogP contribution in [0.2, 0.25) is 0 Å². The van der Waals surface area contributed by atoms with Gasteiger partial charge in [-0.05, 0) is 68.9 Å². The maximum Gasteiger partial charge on any atom is -0.00209 e. The zero-order valence-electron chi connectivity index (χ0n) is 13.3. The summed E-state index contributed by atoms with van der Waals surface area (Å²) in [5, 5.41) is 3.42. The standard InChI is InChI=1S/C17H35N/c1-6-14(7-2)10-17-11-15(13(3)4)8-9-16(17)12-18-5/h13-18H,6-12H2,1-5H3. The van der Waals surface area contributed by atoms with Gasteiger partial charge in [0.05, 0.1) is 0 Å². The normalized spacial score (nSPS) is 29.2. The van der Waals surface area contributed by atoms with Gasteiger partial charge < -0.3 is 5.32 Å². The Kier molecular flexibility index (Phi) is 7.29. The largest absolute Gasteiger partial charge is 0.319 e. The SMILES string of the molecule is CCC(CC)CC1CC(C(C)C)CCC1CNC. The topological polar surface area (TPSA) is 12.0 Å². The van der Waals surface area contributed by atoms with Gasteiger partial charge in [-0.1, -0.05) is 40.5 Å². The molecule has 1 aliphatic carbocycles. The Bertz CT molecular complexity index is 206. The predicted octanol–water partition coefficient (Wildman–Crippen LogP) is 4.72. The highest BCUT2D eigenvalue weighted by Crippen LogP contribution is 2.41. The van der Waals surface area contributed by atoms with Crippen molar-refractivity contribution in [2.24, 2.45) is 29.6 Å². The van der Waals surface area contributed by atoms with Crippen molar-refractivity contribution in [3.63, 3.8) is 0 Å². The first-order valence-electron chi connectivity index (χ1n) is 8.26. The Morgan fingerprint density at radius 1 is 1.06 bits per heavy atom. The molecule has 1 saturated carbocycles. The monoisotopic (exact) mass is 253 g/mol. The summed E-state index contributed by atoms with van der Waals surface area (Å²) in [6.45, 7) is 10.8. The Morgan fingerprint density at radius 2 is 1.72 bits per heavy atom. The fraction of sp³-hybridized carbons (Fsp3) is 1.00. The van der Waals surface area contributed by atoms with E-state index in [1.165, 1.54) is 45.1 Å². The van der Waals surface area contributed by atoms with E-state index in [4.69, 9.17) is 0 Å². The second-order valence-electron chi connectivity index (χ2n) is 6.81. The molecule has 1 heteroatoms. The summed E-state index contributed by atoms with van der Waals surface area (Å²) < 4.78 is 0. The molecule has 0 spiro atoms. The quantitative estimate of drug-likeness (QED) is 0.692. The van der Waals surface area contributed by atoms with E-state index in [0.29, 0.717) is 0 Å². The summed E-state index contributed by atoms with van der Waals surface area (Å²) >= 11 is 0. The molecule has 1 nitrogen and oxygen atoms in total. The molecule has 3 atom stereocenters. The number of nitrogens with one attached hydrogen (secondary N) is 1. The van der Waals surface area contributed by atoms with Gasteiger partial charge in [0.25, 0.3) is 0 Å². The smallest absolute Gasteiger partial charge is 0.00209 e. The zero-order valence-corrected chi connectivity index (χ0v) is 13.3. The summed E-state index contributed by atoms with van der Waals surface area (Å²) in [7, 11) is 2.11. The lowest BCUT2D eigenvalue weighted by atomic mass is 9.67. The van der Waals surface area contributed by atoms with Gasteiger partial charge in [0, 0.05) is 0 Å². The lowest BCUT2D eigenvalue weighted by Gasteiger charge is -2.39. The van der Waals surface area contributed by atoms with Gasteiger partial charge in [0.15, 0.2) is 0 Å². The molecule has 0 aromatic carbocycles. The van der Waals surface area contributed by atoms with Gasteiger partial charge in [0.2, 0.25) is 0 Å². The first-order valence-corrected chi connectivity index (χ1v) is 8.26. The van der Waals surface area contributed by atoms with Crippen molar-refractivity contribution in [3.05, 3.63) is 0 Å². The molecule has 1 rings (SSSR count). The molecule has 1 N–H and O–H groups in total. The van der Waals surface area contributed by atoms with Crippen molar-refractivity contribution in [1.82, 2.24) is 5.32 Å². The van der Waals surface area contributed by atoms with Crippen molar-refractivity contribution in [2.45, 2.75) is 66.2 Å². The molecule has 0 radical (unpaired) electrons. The molecule has 0 saturated heterocycles. The minimum Gasteiger partial charge on any atom is -0.319 e. The van der Waals surface area contributed by atoms with Gasteiger partial charge in [-0.15, -0.1) is 0 Å². The third-order valence-electron chi connectivity index (χ3n) is 5.38. The van der Waals surface area contributed by atoms with Crippen LogP contribution < -0.4 is 5.32 Å². The van der Waals surface area contributed by atoms with Gasteiger partial charge >= 0.3 is 0 Å². The summed E-state index contributed by atoms with van der Waals surface area (Å²) in [6.07, 6.45) is 8.61. The van der Waals surface area contributed by atoms with Crippen LogP contribution >= 0.6 is 0 Å². The highest BCUT2D eigenvalue weighted by Gasteiger charge is 2.32.